The zero-order chi connectivity index (χ0) is 19.4. The van der Waals surface area contributed by atoms with Crippen LogP contribution in [-0.2, 0) is 4.79 Å². The first kappa shape index (κ1) is 18.9. The van der Waals surface area contributed by atoms with Crippen LogP contribution >= 0.6 is 11.8 Å². The second kappa shape index (κ2) is 8.22. The van der Waals surface area contributed by atoms with Crippen molar-refractivity contribution in [2.75, 3.05) is 12.4 Å². The van der Waals surface area contributed by atoms with E-state index in [9.17, 15) is 4.79 Å². The van der Waals surface area contributed by atoms with Crippen LogP contribution in [0.4, 0.5) is 5.69 Å². The van der Waals surface area contributed by atoms with Crippen LogP contribution in [0.3, 0.4) is 0 Å². The van der Waals surface area contributed by atoms with Crippen LogP contribution in [0.5, 0.6) is 5.75 Å². The minimum Gasteiger partial charge on any atom is -0.495 e. The molecule has 0 spiro atoms. The molecule has 0 bridgehead atoms. The Balaban J connectivity index is 1.76. The molecule has 2 aromatic carbocycles. The first-order valence-electron chi connectivity index (χ1n) is 8.46. The normalized spacial score (nSPS) is 11.9. The van der Waals surface area contributed by atoms with Crippen molar-refractivity contribution in [3.8, 4) is 11.4 Å². The fourth-order valence-corrected chi connectivity index (χ4v) is 3.44. The second-order valence-corrected chi connectivity index (χ2v) is 7.42. The van der Waals surface area contributed by atoms with Crippen molar-refractivity contribution >= 4 is 23.4 Å². The molecule has 0 aliphatic carbocycles. The van der Waals surface area contributed by atoms with Gasteiger partial charge in [-0.3, -0.25) is 4.79 Å². The van der Waals surface area contributed by atoms with Gasteiger partial charge in [0, 0.05) is 0 Å². The standard InChI is InChI=1S/C19H21N5O2S/c1-12-9-10-16(13(2)11-12)24-19(21-22-23-24)27-14(3)18(25)20-15-7-5-6-8-17(15)26-4/h5-11,14H,1-4H3,(H,20,25)/t14-/m0/s1. The molecule has 3 aromatic rings. The zero-order valence-electron chi connectivity index (χ0n) is 15.6. The molecule has 0 saturated carbocycles. The topological polar surface area (TPSA) is 81.9 Å². The fourth-order valence-electron chi connectivity index (χ4n) is 2.64. The predicted molar refractivity (Wildman–Crippen MR) is 106 cm³/mol. The highest BCUT2D eigenvalue weighted by molar-refractivity contribution is 8.00. The Hall–Kier alpha value is -2.87. The minimum atomic E-state index is -0.398. The quantitative estimate of drug-likeness (QED) is 0.657. The van der Waals surface area contributed by atoms with E-state index < -0.39 is 5.25 Å². The van der Waals surface area contributed by atoms with Gasteiger partial charge in [0.2, 0.25) is 11.1 Å². The first-order valence-corrected chi connectivity index (χ1v) is 9.34. The Morgan fingerprint density at radius 3 is 2.74 bits per heavy atom. The summed E-state index contributed by atoms with van der Waals surface area (Å²) in [6.45, 7) is 5.86. The SMILES string of the molecule is COc1ccccc1NC(=O)[C@H](C)Sc1nnnn1-c1ccc(C)cc1C. The molecule has 140 valence electrons. The van der Waals surface area contributed by atoms with E-state index in [2.05, 4.69) is 26.9 Å². The van der Waals surface area contributed by atoms with E-state index in [0.717, 1.165) is 11.3 Å². The van der Waals surface area contributed by atoms with E-state index in [1.165, 1.54) is 17.3 Å². The molecule has 0 saturated heterocycles. The summed E-state index contributed by atoms with van der Waals surface area (Å²) in [5.41, 5.74) is 3.76. The molecule has 1 atom stereocenters. The molecule has 3 rings (SSSR count). The van der Waals surface area contributed by atoms with Crippen molar-refractivity contribution in [1.82, 2.24) is 20.2 Å². The molecule has 0 fully saturated rings. The maximum Gasteiger partial charge on any atom is 0.237 e. The maximum absolute atomic E-state index is 12.6. The number of anilines is 1. The van der Waals surface area contributed by atoms with Gasteiger partial charge in [0.25, 0.3) is 0 Å². The Bertz CT molecular complexity index is 957. The molecule has 0 unspecified atom stereocenters. The molecular formula is C19H21N5O2S. The van der Waals surface area contributed by atoms with Gasteiger partial charge in [-0.1, -0.05) is 41.6 Å². The number of thioether (sulfide) groups is 1. The van der Waals surface area contributed by atoms with E-state index in [-0.39, 0.29) is 5.91 Å². The third-order valence-corrected chi connectivity index (χ3v) is 5.07. The van der Waals surface area contributed by atoms with Gasteiger partial charge in [-0.25, -0.2) is 0 Å². The van der Waals surface area contributed by atoms with Crippen LogP contribution in [0, 0.1) is 13.8 Å². The molecule has 1 N–H and O–H groups in total. The number of tetrazole rings is 1. The Kier molecular flexibility index (Phi) is 5.75. The van der Waals surface area contributed by atoms with E-state index in [4.69, 9.17) is 4.74 Å². The maximum atomic E-state index is 12.6. The lowest BCUT2D eigenvalue weighted by molar-refractivity contribution is -0.115. The van der Waals surface area contributed by atoms with Gasteiger partial charge in [-0.15, -0.1) is 5.10 Å². The van der Waals surface area contributed by atoms with Gasteiger partial charge in [0.15, 0.2) is 0 Å². The van der Waals surface area contributed by atoms with Crippen molar-refractivity contribution in [1.29, 1.82) is 0 Å². The van der Waals surface area contributed by atoms with Gasteiger partial charge in [-0.2, -0.15) is 4.68 Å². The average molecular weight is 383 g/mol. The number of aromatic nitrogens is 4. The lowest BCUT2D eigenvalue weighted by Gasteiger charge is -2.14. The number of methoxy groups -OCH3 is 1. The number of benzene rings is 2. The predicted octanol–water partition coefficient (Wildman–Crippen LogP) is 3.41. The highest BCUT2D eigenvalue weighted by atomic mass is 32.2. The number of rotatable bonds is 6. The number of aryl methyl sites for hydroxylation is 2. The van der Waals surface area contributed by atoms with Crippen LogP contribution in [0.1, 0.15) is 18.1 Å². The molecule has 0 radical (unpaired) electrons. The number of carbonyl (C=O) groups is 1. The van der Waals surface area contributed by atoms with Crippen molar-refractivity contribution in [2.24, 2.45) is 0 Å². The molecule has 0 aliphatic heterocycles. The Morgan fingerprint density at radius 2 is 2.00 bits per heavy atom. The average Bonchev–Trinajstić information content (AvgIpc) is 3.10. The van der Waals surface area contributed by atoms with Crippen LogP contribution < -0.4 is 10.1 Å². The molecule has 1 heterocycles. The number of nitrogens with zero attached hydrogens (tertiary/aromatic N) is 4. The summed E-state index contributed by atoms with van der Waals surface area (Å²) < 4.78 is 6.93. The fraction of sp³-hybridized carbons (Fsp3) is 0.263. The number of carbonyl (C=O) groups excluding carboxylic acids is 1. The summed E-state index contributed by atoms with van der Waals surface area (Å²) in [4.78, 5) is 12.6. The van der Waals surface area contributed by atoms with E-state index in [1.807, 2.05) is 45.0 Å². The number of nitrogens with one attached hydrogen (secondary N) is 1. The number of hydrogen-bond donors (Lipinski definition) is 1. The van der Waals surface area contributed by atoms with E-state index in [0.29, 0.717) is 16.6 Å². The largest absolute Gasteiger partial charge is 0.495 e. The number of amides is 1. The van der Waals surface area contributed by atoms with E-state index >= 15 is 0 Å². The van der Waals surface area contributed by atoms with Crippen LogP contribution in [0.25, 0.3) is 5.69 Å². The summed E-state index contributed by atoms with van der Waals surface area (Å²) in [5, 5.41) is 15.0. The lowest BCUT2D eigenvalue weighted by Crippen LogP contribution is -2.23. The summed E-state index contributed by atoms with van der Waals surface area (Å²) >= 11 is 1.30. The van der Waals surface area contributed by atoms with Crippen molar-refractivity contribution in [3.63, 3.8) is 0 Å². The summed E-state index contributed by atoms with van der Waals surface area (Å²) in [7, 11) is 1.57. The third-order valence-electron chi connectivity index (χ3n) is 4.04. The van der Waals surface area contributed by atoms with Gasteiger partial charge in [0.1, 0.15) is 5.75 Å². The molecular weight excluding hydrogens is 362 g/mol. The number of hydrogen-bond acceptors (Lipinski definition) is 6. The lowest BCUT2D eigenvalue weighted by atomic mass is 10.1. The molecule has 8 heteroatoms. The zero-order valence-corrected chi connectivity index (χ0v) is 16.4. The minimum absolute atomic E-state index is 0.153. The molecule has 1 amide bonds. The molecule has 7 nitrogen and oxygen atoms in total. The van der Waals surface area contributed by atoms with E-state index in [1.54, 1.807) is 23.9 Å². The smallest absolute Gasteiger partial charge is 0.237 e. The van der Waals surface area contributed by atoms with Gasteiger partial charge < -0.3 is 10.1 Å². The van der Waals surface area contributed by atoms with Crippen molar-refractivity contribution in [2.45, 2.75) is 31.2 Å². The van der Waals surface area contributed by atoms with Crippen molar-refractivity contribution < 1.29 is 9.53 Å². The van der Waals surface area contributed by atoms with Gasteiger partial charge >= 0.3 is 0 Å². The van der Waals surface area contributed by atoms with Gasteiger partial charge in [-0.05, 0) is 55.0 Å². The molecule has 27 heavy (non-hydrogen) atoms. The molecule has 1 aromatic heterocycles. The summed E-state index contributed by atoms with van der Waals surface area (Å²) in [6, 6.07) is 13.4. The highest BCUT2D eigenvalue weighted by Crippen LogP contribution is 2.27. The van der Waals surface area contributed by atoms with Crippen molar-refractivity contribution in [3.05, 3.63) is 53.6 Å². The van der Waals surface area contributed by atoms with Crippen LogP contribution in [0.15, 0.2) is 47.6 Å². The first-order chi connectivity index (χ1) is 13.0. The number of para-hydroxylation sites is 2. The Morgan fingerprint density at radius 1 is 1.22 bits per heavy atom. The second-order valence-electron chi connectivity index (χ2n) is 6.11. The highest BCUT2D eigenvalue weighted by Gasteiger charge is 2.20. The molecule has 0 aliphatic rings. The van der Waals surface area contributed by atoms with Gasteiger partial charge in [0.05, 0.1) is 23.7 Å². The summed E-state index contributed by atoms with van der Waals surface area (Å²) in [6.07, 6.45) is 0. The Labute approximate surface area is 162 Å². The van der Waals surface area contributed by atoms with Crippen LogP contribution in [0.2, 0.25) is 0 Å². The monoisotopic (exact) mass is 383 g/mol. The third kappa shape index (κ3) is 4.28. The summed E-state index contributed by atoms with van der Waals surface area (Å²) in [5.74, 6) is 0.461. The number of ether oxygens (including phenoxy) is 1. The van der Waals surface area contributed by atoms with Crippen LogP contribution in [-0.4, -0.2) is 38.5 Å².